The number of anilines is 1. The summed E-state index contributed by atoms with van der Waals surface area (Å²) in [6.07, 6.45) is 6.36. The average Bonchev–Trinajstić information content (AvgIpc) is 2.72. The minimum atomic E-state index is 0.907. The zero-order valence-corrected chi connectivity index (χ0v) is 17.2. The van der Waals surface area contributed by atoms with Gasteiger partial charge in [0.1, 0.15) is 7.05 Å². The van der Waals surface area contributed by atoms with Gasteiger partial charge in [-0.1, -0.05) is 53.3 Å². The van der Waals surface area contributed by atoms with Gasteiger partial charge in [-0.3, -0.25) is 0 Å². The Morgan fingerprint density at radius 2 is 1.67 bits per heavy atom. The van der Waals surface area contributed by atoms with Crippen LogP contribution in [0.1, 0.15) is 16.8 Å². The summed E-state index contributed by atoms with van der Waals surface area (Å²) in [4.78, 5) is 2.41. The van der Waals surface area contributed by atoms with Crippen LogP contribution < -0.4 is 9.47 Å². The van der Waals surface area contributed by atoms with E-state index in [-0.39, 0.29) is 0 Å². The van der Waals surface area contributed by atoms with E-state index in [4.69, 9.17) is 0 Å². The Labute approximate surface area is 171 Å². The molecule has 0 amide bonds. The molecule has 2 aromatic carbocycles. The largest absolute Gasteiger partial charge is 0.366 e. The van der Waals surface area contributed by atoms with Crippen LogP contribution in [0, 0.1) is 0 Å². The lowest BCUT2D eigenvalue weighted by Gasteiger charge is -2.25. The van der Waals surface area contributed by atoms with Crippen molar-refractivity contribution in [3.63, 3.8) is 0 Å². The highest BCUT2D eigenvalue weighted by atomic mass is 33.1. The van der Waals surface area contributed by atoms with Crippen molar-refractivity contribution in [2.45, 2.75) is 6.54 Å². The third-order valence-electron chi connectivity index (χ3n) is 4.47. The first-order chi connectivity index (χ1) is 13.3. The molecule has 1 aromatic heterocycles. The van der Waals surface area contributed by atoms with Crippen molar-refractivity contribution >= 4 is 40.3 Å². The monoisotopic (exact) mass is 393 g/mol. The number of nitrogens with zero attached hydrogens (tertiary/aromatic N) is 2. The van der Waals surface area contributed by atoms with Gasteiger partial charge in [-0.25, -0.2) is 4.57 Å². The van der Waals surface area contributed by atoms with E-state index in [1.165, 1.54) is 22.5 Å². The fraction of sp³-hybridized carbons (Fsp3) is 0.174. The molecular weight excluding hydrogens is 368 g/mol. The molecule has 0 N–H and O–H groups in total. The molecule has 3 aromatic rings. The van der Waals surface area contributed by atoms with Crippen LogP contribution in [-0.2, 0) is 13.6 Å². The van der Waals surface area contributed by atoms with Crippen molar-refractivity contribution in [2.24, 2.45) is 7.05 Å². The predicted molar refractivity (Wildman–Crippen MR) is 122 cm³/mol. The zero-order chi connectivity index (χ0) is 18.9. The van der Waals surface area contributed by atoms with Crippen LogP contribution >= 0.6 is 22.5 Å². The van der Waals surface area contributed by atoms with E-state index in [1.807, 2.05) is 6.07 Å². The second-order valence-corrected chi connectivity index (χ2v) is 7.84. The molecule has 0 bridgehead atoms. The number of benzene rings is 2. The van der Waals surface area contributed by atoms with Gasteiger partial charge in [0.05, 0.1) is 0 Å². The third-order valence-corrected chi connectivity index (χ3v) is 5.38. The van der Waals surface area contributed by atoms with Crippen molar-refractivity contribution < 1.29 is 4.57 Å². The highest BCUT2D eigenvalue weighted by molar-refractivity contribution is 8.68. The van der Waals surface area contributed by atoms with Crippen LogP contribution in [0.15, 0.2) is 79.0 Å². The van der Waals surface area contributed by atoms with Gasteiger partial charge in [0, 0.05) is 42.7 Å². The van der Waals surface area contributed by atoms with E-state index in [9.17, 15) is 0 Å². The van der Waals surface area contributed by atoms with Crippen LogP contribution in [0.25, 0.3) is 12.2 Å². The Balaban J connectivity index is 1.73. The van der Waals surface area contributed by atoms with Crippen LogP contribution in [0.2, 0.25) is 0 Å². The molecule has 138 valence electrons. The van der Waals surface area contributed by atoms with Crippen molar-refractivity contribution in [1.29, 1.82) is 0 Å². The second kappa shape index (κ2) is 10.2. The number of aromatic nitrogens is 1. The van der Waals surface area contributed by atoms with E-state index in [0.29, 0.717) is 0 Å². The van der Waals surface area contributed by atoms with Crippen molar-refractivity contribution in [3.8, 4) is 0 Å². The molecule has 0 radical (unpaired) electrons. The van der Waals surface area contributed by atoms with Gasteiger partial charge >= 0.3 is 0 Å². The first kappa shape index (κ1) is 19.6. The summed E-state index contributed by atoms with van der Waals surface area (Å²) >= 11 is 4.30. The Kier molecular flexibility index (Phi) is 7.43. The predicted octanol–water partition coefficient (Wildman–Crippen LogP) is 5.27. The molecular formula is C23H25N2S2+. The first-order valence-corrected chi connectivity index (χ1v) is 11.1. The molecule has 0 aliphatic carbocycles. The lowest BCUT2D eigenvalue weighted by atomic mass is 10.1. The molecule has 4 heteroatoms. The Morgan fingerprint density at radius 1 is 0.926 bits per heavy atom. The van der Waals surface area contributed by atoms with Gasteiger partial charge in [-0.15, -0.1) is 11.7 Å². The van der Waals surface area contributed by atoms with Crippen LogP contribution in [-0.4, -0.2) is 12.3 Å². The molecule has 0 aliphatic rings. The molecule has 0 saturated carbocycles. The molecule has 0 atom stereocenters. The van der Waals surface area contributed by atoms with Crippen molar-refractivity contribution in [2.75, 3.05) is 17.2 Å². The minimum Gasteiger partial charge on any atom is -0.366 e. The third kappa shape index (κ3) is 5.91. The highest BCUT2D eigenvalue weighted by Crippen LogP contribution is 2.20. The Morgan fingerprint density at radius 3 is 2.37 bits per heavy atom. The smallest absolute Gasteiger partial charge is 0.204 e. The standard InChI is InChI=1S/C23H24N2S2/c1-24-16-6-5-9-22(24)13-10-20-11-14-23(15-12-20)25(17-18-27-26)19-21-7-3-2-4-8-21/h2-16H,17-19H2,1H3/p+1. The first-order valence-electron chi connectivity index (χ1n) is 9.04. The topological polar surface area (TPSA) is 7.12 Å². The molecule has 0 fully saturated rings. The fourth-order valence-electron chi connectivity index (χ4n) is 2.94. The summed E-state index contributed by atoms with van der Waals surface area (Å²) in [5.41, 5.74) is 4.94. The van der Waals surface area contributed by atoms with Crippen molar-refractivity contribution in [3.05, 3.63) is 95.8 Å². The maximum absolute atomic E-state index is 4.30. The van der Waals surface area contributed by atoms with Gasteiger partial charge in [0.2, 0.25) is 5.69 Å². The van der Waals surface area contributed by atoms with Gasteiger partial charge in [-0.2, -0.15) is 0 Å². The highest BCUT2D eigenvalue weighted by Gasteiger charge is 2.07. The molecule has 27 heavy (non-hydrogen) atoms. The second-order valence-electron chi connectivity index (χ2n) is 6.40. The number of aryl methyl sites for hydroxylation is 1. The maximum Gasteiger partial charge on any atom is 0.204 e. The van der Waals surface area contributed by atoms with E-state index in [2.05, 4.69) is 113 Å². The molecule has 0 saturated heterocycles. The van der Waals surface area contributed by atoms with Crippen LogP contribution in [0.3, 0.4) is 0 Å². The number of hydrogen-bond acceptors (Lipinski definition) is 3. The van der Waals surface area contributed by atoms with Crippen molar-refractivity contribution in [1.82, 2.24) is 0 Å². The van der Waals surface area contributed by atoms with Gasteiger partial charge in [0.25, 0.3) is 0 Å². The number of pyridine rings is 1. The van der Waals surface area contributed by atoms with E-state index in [1.54, 1.807) is 10.8 Å². The van der Waals surface area contributed by atoms with Gasteiger partial charge in [-0.05, 0) is 35.4 Å². The molecule has 0 unspecified atom stereocenters. The molecule has 1 heterocycles. The quantitative estimate of drug-likeness (QED) is 0.317. The average molecular weight is 394 g/mol. The van der Waals surface area contributed by atoms with Gasteiger partial charge in [0.15, 0.2) is 6.20 Å². The number of thiol groups is 1. The summed E-state index contributed by atoms with van der Waals surface area (Å²) in [6, 6.07) is 25.6. The number of hydrogen-bond donors (Lipinski definition) is 1. The number of rotatable bonds is 8. The van der Waals surface area contributed by atoms with E-state index in [0.717, 1.165) is 18.8 Å². The van der Waals surface area contributed by atoms with E-state index < -0.39 is 0 Å². The lowest BCUT2D eigenvalue weighted by Crippen LogP contribution is -2.30. The molecule has 2 nitrogen and oxygen atoms in total. The summed E-state index contributed by atoms with van der Waals surface area (Å²) in [5.74, 6) is 0.988. The normalized spacial score (nSPS) is 11.0. The SMILES string of the molecule is C[n+]1ccccc1/C=C/c1ccc(N(CCSS)Cc2ccccc2)cc1. The molecule has 0 spiro atoms. The summed E-state index contributed by atoms with van der Waals surface area (Å²) in [6.45, 7) is 1.88. The summed E-state index contributed by atoms with van der Waals surface area (Å²) < 4.78 is 2.11. The summed E-state index contributed by atoms with van der Waals surface area (Å²) in [5, 5.41) is 0. The molecule has 0 aliphatic heterocycles. The van der Waals surface area contributed by atoms with E-state index >= 15 is 0 Å². The Bertz CT molecular complexity index is 861. The fourth-order valence-corrected chi connectivity index (χ4v) is 3.49. The van der Waals surface area contributed by atoms with Crippen LogP contribution in [0.5, 0.6) is 0 Å². The zero-order valence-electron chi connectivity index (χ0n) is 15.5. The maximum atomic E-state index is 4.30. The van der Waals surface area contributed by atoms with Crippen LogP contribution in [0.4, 0.5) is 5.69 Å². The Hall–Kier alpha value is -2.17. The van der Waals surface area contributed by atoms with Gasteiger partial charge < -0.3 is 4.90 Å². The summed E-state index contributed by atoms with van der Waals surface area (Å²) in [7, 11) is 3.64. The lowest BCUT2D eigenvalue weighted by molar-refractivity contribution is -0.673. The minimum absolute atomic E-state index is 0.907. The molecule has 3 rings (SSSR count).